The molecule has 0 spiro atoms. The zero-order valence-corrected chi connectivity index (χ0v) is 20.4. The van der Waals surface area contributed by atoms with Gasteiger partial charge in [0.2, 0.25) is 10.0 Å². The maximum Gasteiger partial charge on any atom is 0.251 e. The van der Waals surface area contributed by atoms with Crippen LogP contribution in [0.5, 0.6) is 5.75 Å². The summed E-state index contributed by atoms with van der Waals surface area (Å²) in [6, 6.07) is 17.6. The lowest BCUT2D eigenvalue weighted by molar-refractivity contribution is -0.120. The van der Waals surface area contributed by atoms with Crippen LogP contribution in [0.4, 0.5) is 4.39 Å². The number of Topliss-reactive ketones (excluding diaryl/α,β-unsaturated/α-hetero) is 1. The number of methoxy groups -OCH3 is 1. The Morgan fingerprint density at radius 2 is 1.69 bits per heavy atom. The van der Waals surface area contributed by atoms with Crippen LogP contribution in [0.15, 0.2) is 77.7 Å². The average Bonchev–Trinajstić information content (AvgIpc) is 2.87. The van der Waals surface area contributed by atoms with Gasteiger partial charge in [0, 0.05) is 18.5 Å². The number of carbonyl (C=O) groups is 2. The van der Waals surface area contributed by atoms with E-state index in [1.165, 1.54) is 49.6 Å². The van der Waals surface area contributed by atoms with Crippen molar-refractivity contribution in [3.8, 4) is 5.75 Å². The number of rotatable bonds is 12. The standard InChI is InChI=1S/C26H27FN2O6S/c1-35-24-17-19(7-12-25(24)36(33,34)28-13-14-30)16-23(31)22(15-18-5-3-2-4-6-18)29-26(32)20-8-10-21(27)11-9-20/h2-12,17,22,28,30H,13-16H2,1H3,(H,29,32)/t22-/m0/s1. The number of halogens is 1. The van der Waals surface area contributed by atoms with Gasteiger partial charge in [-0.2, -0.15) is 0 Å². The quantitative estimate of drug-likeness (QED) is 0.341. The number of aliphatic hydroxyl groups excluding tert-OH is 1. The Hall–Kier alpha value is -3.60. The minimum atomic E-state index is -3.92. The van der Waals surface area contributed by atoms with Crippen molar-refractivity contribution in [3.05, 3.63) is 95.3 Å². The lowest BCUT2D eigenvalue weighted by Gasteiger charge is -2.19. The van der Waals surface area contributed by atoms with Gasteiger partial charge in [-0.1, -0.05) is 36.4 Å². The molecule has 0 radical (unpaired) electrons. The number of aliphatic hydroxyl groups is 1. The third kappa shape index (κ3) is 7.20. The number of amides is 1. The molecule has 0 fully saturated rings. The van der Waals surface area contributed by atoms with E-state index in [9.17, 15) is 22.4 Å². The Balaban J connectivity index is 1.83. The average molecular weight is 515 g/mol. The molecule has 0 heterocycles. The van der Waals surface area contributed by atoms with E-state index in [0.717, 1.165) is 5.56 Å². The fraction of sp³-hybridized carbons (Fsp3) is 0.231. The smallest absolute Gasteiger partial charge is 0.251 e. The molecular formula is C26H27FN2O6S. The maximum atomic E-state index is 13.3. The minimum Gasteiger partial charge on any atom is -0.495 e. The second-order valence-corrected chi connectivity index (χ2v) is 9.71. The molecule has 10 heteroatoms. The largest absolute Gasteiger partial charge is 0.495 e. The first-order valence-corrected chi connectivity index (χ1v) is 12.6. The third-order valence-electron chi connectivity index (χ3n) is 5.38. The fourth-order valence-corrected chi connectivity index (χ4v) is 4.73. The molecule has 0 bridgehead atoms. The summed E-state index contributed by atoms with van der Waals surface area (Å²) in [5, 5.41) is 11.6. The van der Waals surface area contributed by atoms with Gasteiger partial charge in [0.1, 0.15) is 16.5 Å². The molecule has 3 aromatic carbocycles. The zero-order chi connectivity index (χ0) is 26.1. The molecule has 0 aromatic heterocycles. The van der Waals surface area contributed by atoms with Crippen molar-refractivity contribution in [1.29, 1.82) is 0 Å². The number of hydrogen-bond donors (Lipinski definition) is 3. The van der Waals surface area contributed by atoms with Gasteiger partial charge in [-0.05, 0) is 53.9 Å². The normalized spacial score (nSPS) is 12.1. The van der Waals surface area contributed by atoms with Crippen LogP contribution in [0.1, 0.15) is 21.5 Å². The summed E-state index contributed by atoms with van der Waals surface area (Å²) in [6.45, 7) is -0.513. The van der Waals surface area contributed by atoms with E-state index in [1.807, 2.05) is 30.3 Å². The van der Waals surface area contributed by atoms with Gasteiger partial charge in [0.05, 0.1) is 19.8 Å². The second-order valence-electron chi connectivity index (χ2n) is 7.97. The summed E-state index contributed by atoms with van der Waals surface area (Å²) in [5.41, 5.74) is 1.55. The van der Waals surface area contributed by atoms with Gasteiger partial charge in [-0.3, -0.25) is 9.59 Å². The molecule has 36 heavy (non-hydrogen) atoms. The minimum absolute atomic E-state index is 0.0423. The van der Waals surface area contributed by atoms with Crippen LogP contribution in [0, 0.1) is 5.82 Å². The SMILES string of the molecule is COc1cc(CC(=O)[C@H](Cc2ccccc2)NC(=O)c2ccc(F)cc2)ccc1S(=O)(=O)NCCO. The Kier molecular flexibility index (Phi) is 9.29. The van der Waals surface area contributed by atoms with E-state index in [4.69, 9.17) is 9.84 Å². The molecule has 0 aliphatic heterocycles. The van der Waals surface area contributed by atoms with Crippen LogP contribution in [0.2, 0.25) is 0 Å². The number of sulfonamides is 1. The lowest BCUT2D eigenvalue weighted by Crippen LogP contribution is -2.43. The molecular weight excluding hydrogens is 487 g/mol. The zero-order valence-electron chi connectivity index (χ0n) is 19.6. The predicted octanol–water partition coefficient (Wildman–Crippen LogP) is 2.26. The van der Waals surface area contributed by atoms with Crippen molar-refractivity contribution in [1.82, 2.24) is 10.0 Å². The fourth-order valence-electron chi connectivity index (χ4n) is 3.56. The van der Waals surface area contributed by atoms with Gasteiger partial charge >= 0.3 is 0 Å². The first kappa shape index (κ1) is 27.0. The van der Waals surface area contributed by atoms with Crippen molar-refractivity contribution in [2.24, 2.45) is 0 Å². The predicted molar refractivity (Wildman–Crippen MR) is 132 cm³/mol. The van der Waals surface area contributed by atoms with Gasteiger partial charge < -0.3 is 15.2 Å². The molecule has 1 atom stereocenters. The second kappa shape index (κ2) is 12.4. The van der Waals surface area contributed by atoms with Crippen molar-refractivity contribution >= 4 is 21.7 Å². The van der Waals surface area contributed by atoms with E-state index < -0.39 is 27.8 Å². The summed E-state index contributed by atoms with van der Waals surface area (Å²) < 4.78 is 45.6. The van der Waals surface area contributed by atoms with Gasteiger partial charge in [0.25, 0.3) is 5.91 Å². The van der Waals surface area contributed by atoms with Crippen molar-refractivity contribution in [2.75, 3.05) is 20.3 Å². The maximum absolute atomic E-state index is 13.3. The number of ether oxygens (including phenoxy) is 1. The number of benzene rings is 3. The lowest BCUT2D eigenvalue weighted by atomic mass is 9.97. The molecule has 3 rings (SSSR count). The van der Waals surface area contributed by atoms with E-state index >= 15 is 0 Å². The highest BCUT2D eigenvalue weighted by molar-refractivity contribution is 7.89. The molecule has 3 aromatic rings. The van der Waals surface area contributed by atoms with E-state index in [2.05, 4.69) is 10.0 Å². The van der Waals surface area contributed by atoms with Crippen molar-refractivity contribution in [3.63, 3.8) is 0 Å². The highest BCUT2D eigenvalue weighted by Crippen LogP contribution is 2.25. The third-order valence-corrected chi connectivity index (χ3v) is 6.88. The molecule has 0 unspecified atom stereocenters. The molecule has 190 valence electrons. The molecule has 1 amide bonds. The summed E-state index contributed by atoms with van der Waals surface area (Å²) in [6.07, 6.45) is 0.142. The highest BCUT2D eigenvalue weighted by Gasteiger charge is 2.24. The molecule has 3 N–H and O–H groups in total. The Morgan fingerprint density at radius 1 is 1.00 bits per heavy atom. The Bertz CT molecular complexity index is 1300. The van der Waals surface area contributed by atoms with Crippen LogP contribution in [0.25, 0.3) is 0 Å². The number of nitrogens with one attached hydrogen (secondary N) is 2. The van der Waals surface area contributed by atoms with Crippen LogP contribution in [-0.2, 0) is 27.7 Å². The summed E-state index contributed by atoms with van der Waals surface area (Å²) in [5.74, 6) is -1.25. The van der Waals surface area contributed by atoms with Gasteiger partial charge in [-0.15, -0.1) is 0 Å². The Labute approximate surface area is 209 Å². The first-order valence-electron chi connectivity index (χ1n) is 11.1. The van der Waals surface area contributed by atoms with Gasteiger partial charge in [-0.25, -0.2) is 17.5 Å². The number of carbonyl (C=O) groups excluding carboxylic acids is 2. The summed E-state index contributed by atoms with van der Waals surface area (Å²) in [4.78, 5) is 25.9. The van der Waals surface area contributed by atoms with Crippen molar-refractivity contribution in [2.45, 2.75) is 23.8 Å². The first-order chi connectivity index (χ1) is 17.2. The molecule has 0 aliphatic rings. The molecule has 0 saturated carbocycles. The molecule has 0 saturated heterocycles. The van der Waals surface area contributed by atoms with E-state index in [-0.39, 0.29) is 48.0 Å². The Morgan fingerprint density at radius 3 is 2.33 bits per heavy atom. The molecule has 8 nitrogen and oxygen atoms in total. The van der Waals surface area contributed by atoms with Crippen LogP contribution < -0.4 is 14.8 Å². The summed E-state index contributed by atoms with van der Waals surface area (Å²) >= 11 is 0. The van der Waals surface area contributed by atoms with E-state index in [1.54, 1.807) is 0 Å². The summed E-state index contributed by atoms with van der Waals surface area (Å²) in [7, 11) is -2.61. The van der Waals surface area contributed by atoms with Crippen LogP contribution >= 0.6 is 0 Å². The number of ketones is 1. The van der Waals surface area contributed by atoms with Crippen LogP contribution in [0.3, 0.4) is 0 Å². The monoisotopic (exact) mass is 514 g/mol. The van der Waals surface area contributed by atoms with Crippen LogP contribution in [-0.4, -0.2) is 51.5 Å². The molecule has 0 aliphatic carbocycles. The number of hydrogen-bond acceptors (Lipinski definition) is 6. The highest BCUT2D eigenvalue weighted by atomic mass is 32.2. The van der Waals surface area contributed by atoms with Gasteiger partial charge in [0.15, 0.2) is 5.78 Å². The van der Waals surface area contributed by atoms with Crippen molar-refractivity contribution < 1.29 is 32.2 Å². The van der Waals surface area contributed by atoms with E-state index in [0.29, 0.717) is 5.56 Å². The topological polar surface area (TPSA) is 122 Å².